The second-order valence-electron chi connectivity index (χ2n) is 4.80. The van der Waals surface area contributed by atoms with Gasteiger partial charge in [-0.15, -0.1) is 0 Å². The molecule has 0 aromatic carbocycles. The van der Waals surface area contributed by atoms with E-state index in [0.717, 1.165) is 11.8 Å². The molecule has 2 nitrogen and oxygen atoms in total. The van der Waals surface area contributed by atoms with E-state index in [-0.39, 0.29) is 0 Å². The topological polar surface area (TPSA) is 25.2 Å². The molecule has 96 valence electrons. The molecule has 1 heterocycles. The lowest BCUT2D eigenvalue weighted by Gasteiger charge is -2.18. The fourth-order valence-corrected chi connectivity index (χ4v) is 3.79. The minimum absolute atomic E-state index is 0.458. The number of hydrogen-bond acceptors (Lipinski definition) is 3. The molecule has 0 aliphatic heterocycles. The molecule has 3 heteroatoms. The Morgan fingerprint density at radius 2 is 2.29 bits per heavy atom. The van der Waals surface area contributed by atoms with Crippen LogP contribution in [0.25, 0.3) is 0 Å². The van der Waals surface area contributed by atoms with Gasteiger partial charge < -0.3 is 9.73 Å². The Balaban J connectivity index is 1.82. The molecule has 0 radical (unpaired) electrons. The van der Waals surface area contributed by atoms with Crippen molar-refractivity contribution in [2.45, 2.75) is 50.3 Å². The fourth-order valence-electron chi connectivity index (χ4n) is 2.35. The number of nitrogens with one attached hydrogen (secondary N) is 1. The van der Waals surface area contributed by atoms with Crippen molar-refractivity contribution in [1.29, 1.82) is 0 Å². The number of thioether (sulfide) groups is 1. The van der Waals surface area contributed by atoms with E-state index in [9.17, 15) is 0 Å². The third kappa shape index (κ3) is 4.07. The summed E-state index contributed by atoms with van der Waals surface area (Å²) in [6.07, 6.45) is 10.5. The largest absolute Gasteiger partial charge is 0.472 e. The second kappa shape index (κ2) is 7.12. The third-order valence-corrected chi connectivity index (χ3v) is 4.86. The van der Waals surface area contributed by atoms with Crippen LogP contribution in [-0.4, -0.2) is 17.5 Å². The molecule has 1 saturated carbocycles. The summed E-state index contributed by atoms with van der Waals surface area (Å²) in [6.45, 7) is 3.30. The smallest absolute Gasteiger partial charge is 0.0950 e. The first-order chi connectivity index (χ1) is 8.40. The minimum Gasteiger partial charge on any atom is -0.472 e. The monoisotopic (exact) mass is 253 g/mol. The first-order valence-corrected chi connectivity index (χ1v) is 7.82. The molecule has 0 saturated heterocycles. The number of hydrogen-bond donors (Lipinski definition) is 1. The van der Waals surface area contributed by atoms with E-state index in [0.29, 0.717) is 6.04 Å². The van der Waals surface area contributed by atoms with Crippen molar-refractivity contribution < 1.29 is 4.42 Å². The van der Waals surface area contributed by atoms with E-state index in [1.807, 2.05) is 6.26 Å². The van der Waals surface area contributed by atoms with Gasteiger partial charge in [-0.05, 0) is 31.9 Å². The quantitative estimate of drug-likeness (QED) is 0.795. The van der Waals surface area contributed by atoms with Crippen molar-refractivity contribution in [1.82, 2.24) is 5.32 Å². The van der Waals surface area contributed by atoms with Gasteiger partial charge >= 0.3 is 0 Å². The Labute approximate surface area is 109 Å². The standard InChI is InChI=1S/C14H23NOS/c1-2-8-15-14(12-7-9-16-10-12)11-17-13-5-3-4-6-13/h7,9-10,13-15H,2-6,8,11H2,1H3. The van der Waals surface area contributed by atoms with Crippen LogP contribution in [0.3, 0.4) is 0 Å². The summed E-state index contributed by atoms with van der Waals surface area (Å²) in [5.74, 6) is 1.17. The summed E-state index contributed by atoms with van der Waals surface area (Å²) in [5, 5.41) is 4.51. The van der Waals surface area contributed by atoms with Gasteiger partial charge in [0, 0.05) is 22.6 Å². The van der Waals surface area contributed by atoms with E-state index in [1.54, 1.807) is 6.26 Å². The lowest BCUT2D eigenvalue weighted by molar-refractivity contribution is 0.540. The zero-order valence-electron chi connectivity index (χ0n) is 10.7. The molecule has 0 amide bonds. The van der Waals surface area contributed by atoms with E-state index in [1.165, 1.54) is 43.4 Å². The van der Waals surface area contributed by atoms with Crippen LogP contribution in [0.15, 0.2) is 23.0 Å². The average Bonchev–Trinajstić information content (AvgIpc) is 3.01. The SMILES string of the molecule is CCCNC(CSC1CCCC1)c1ccoc1. The van der Waals surface area contributed by atoms with Gasteiger partial charge in [-0.2, -0.15) is 11.8 Å². The third-order valence-electron chi connectivity index (χ3n) is 3.39. The van der Waals surface area contributed by atoms with Crippen LogP contribution in [0.5, 0.6) is 0 Å². The highest BCUT2D eigenvalue weighted by Gasteiger charge is 2.18. The van der Waals surface area contributed by atoms with Gasteiger partial charge in [-0.1, -0.05) is 19.8 Å². The lowest BCUT2D eigenvalue weighted by atomic mass is 10.2. The summed E-state index contributed by atoms with van der Waals surface area (Å²) in [7, 11) is 0. The molecule has 1 aliphatic carbocycles. The van der Waals surface area contributed by atoms with Crippen LogP contribution in [0.2, 0.25) is 0 Å². The molecule has 1 aliphatic rings. The van der Waals surface area contributed by atoms with Crippen LogP contribution in [-0.2, 0) is 0 Å². The van der Waals surface area contributed by atoms with E-state index in [2.05, 4.69) is 30.1 Å². The van der Waals surface area contributed by atoms with E-state index in [4.69, 9.17) is 4.42 Å². The van der Waals surface area contributed by atoms with Crippen molar-refractivity contribution in [2.75, 3.05) is 12.3 Å². The predicted molar refractivity (Wildman–Crippen MR) is 74.5 cm³/mol. The molecule has 1 aromatic heterocycles. The van der Waals surface area contributed by atoms with Gasteiger partial charge in [0.25, 0.3) is 0 Å². The summed E-state index contributed by atoms with van der Waals surface area (Å²) < 4.78 is 5.20. The molecule has 1 atom stereocenters. The summed E-state index contributed by atoms with van der Waals surface area (Å²) in [5.41, 5.74) is 1.30. The van der Waals surface area contributed by atoms with Gasteiger partial charge in [0.15, 0.2) is 0 Å². The maximum absolute atomic E-state index is 5.20. The predicted octanol–water partition coefficient (Wildman–Crippen LogP) is 4.00. The molecule has 2 rings (SSSR count). The van der Waals surface area contributed by atoms with Gasteiger partial charge in [-0.3, -0.25) is 0 Å². The highest BCUT2D eigenvalue weighted by molar-refractivity contribution is 7.99. The summed E-state index contributed by atoms with van der Waals surface area (Å²) in [4.78, 5) is 0. The molecular formula is C14H23NOS. The van der Waals surface area contributed by atoms with Crippen molar-refractivity contribution in [2.24, 2.45) is 0 Å². The van der Waals surface area contributed by atoms with Crippen LogP contribution in [0.4, 0.5) is 0 Å². The zero-order chi connectivity index (χ0) is 11.9. The molecule has 17 heavy (non-hydrogen) atoms. The first kappa shape index (κ1) is 13.0. The Kier molecular flexibility index (Phi) is 5.46. The zero-order valence-corrected chi connectivity index (χ0v) is 11.5. The van der Waals surface area contributed by atoms with Crippen LogP contribution in [0.1, 0.15) is 50.6 Å². The Hall–Kier alpha value is -0.410. The Morgan fingerprint density at radius 1 is 1.47 bits per heavy atom. The van der Waals surface area contributed by atoms with Gasteiger partial charge in [0.2, 0.25) is 0 Å². The fraction of sp³-hybridized carbons (Fsp3) is 0.714. The van der Waals surface area contributed by atoms with Crippen molar-refractivity contribution in [3.63, 3.8) is 0 Å². The summed E-state index contributed by atoms with van der Waals surface area (Å²) in [6, 6.07) is 2.54. The summed E-state index contributed by atoms with van der Waals surface area (Å²) >= 11 is 2.14. The molecule has 1 N–H and O–H groups in total. The number of rotatable bonds is 7. The highest BCUT2D eigenvalue weighted by atomic mass is 32.2. The van der Waals surface area contributed by atoms with Crippen LogP contribution in [0, 0.1) is 0 Å². The van der Waals surface area contributed by atoms with E-state index >= 15 is 0 Å². The molecule has 1 unspecified atom stereocenters. The van der Waals surface area contributed by atoms with Crippen LogP contribution < -0.4 is 5.32 Å². The van der Waals surface area contributed by atoms with Crippen molar-refractivity contribution >= 4 is 11.8 Å². The van der Waals surface area contributed by atoms with Crippen molar-refractivity contribution in [3.8, 4) is 0 Å². The Morgan fingerprint density at radius 3 is 2.94 bits per heavy atom. The van der Waals surface area contributed by atoms with Gasteiger partial charge in [0.1, 0.15) is 0 Å². The number of furan rings is 1. The normalized spacial score (nSPS) is 18.6. The molecule has 0 spiro atoms. The van der Waals surface area contributed by atoms with Gasteiger partial charge in [0.05, 0.1) is 12.5 Å². The highest BCUT2D eigenvalue weighted by Crippen LogP contribution is 2.32. The van der Waals surface area contributed by atoms with E-state index < -0.39 is 0 Å². The molecule has 1 fully saturated rings. The lowest BCUT2D eigenvalue weighted by Crippen LogP contribution is -2.24. The second-order valence-corrected chi connectivity index (χ2v) is 6.14. The maximum Gasteiger partial charge on any atom is 0.0950 e. The maximum atomic E-state index is 5.20. The average molecular weight is 253 g/mol. The van der Waals surface area contributed by atoms with Crippen LogP contribution >= 0.6 is 11.8 Å². The molecule has 0 bridgehead atoms. The van der Waals surface area contributed by atoms with Crippen molar-refractivity contribution in [3.05, 3.63) is 24.2 Å². The first-order valence-electron chi connectivity index (χ1n) is 6.77. The molecule has 1 aromatic rings. The van der Waals surface area contributed by atoms with Gasteiger partial charge in [-0.25, -0.2) is 0 Å². The molecular weight excluding hydrogens is 230 g/mol. The minimum atomic E-state index is 0.458. The Bertz CT molecular complexity index is 293.